The number of ether oxygens (including phenoxy) is 1. The number of azide groups is 1. The molecule has 0 saturated carbocycles. The Morgan fingerprint density at radius 3 is 2.86 bits per heavy atom. The normalized spacial score (nSPS) is 24.2. The van der Waals surface area contributed by atoms with Gasteiger partial charge in [-0.1, -0.05) is 12.0 Å². The number of aliphatic hydroxyl groups excluding tert-OH is 1. The van der Waals surface area contributed by atoms with Crippen molar-refractivity contribution in [1.29, 1.82) is 0 Å². The van der Waals surface area contributed by atoms with E-state index in [2.05, 4.69) is 10.0 Å². The molecule has 1 aliphatic heterocycles. The zero-order valence-corrected chi connectivity index (χ0v) is 12.5. The molecular formula is C13H19N5O4. The van der Waals surface area contributed by atoms with E-state index < -0.39 is 24.1 Å². The number of aromatic nitrogens is 2. The number of nitrogens with zero attached hydrogens (tertiary/aromatic N) is 5. The van der Waals surface area contributed by atoms with Crippen molar-refractivity contribution in [1.82, 2.24) is 9.13 Å². The number of hydrogen-bond acceptors (Lipinski definition) is 5. The highest BCUT2D eigenvalue weighted by Crippen LogP contribution is 2.29. The highest BCUT2D eigenvalue weighted by molar-refractivity contribution is 5.04. The molecule has 1 N–H and O–H groups in total. The first-order valence-corrected chi connectivity index (χ1v) is 7.16. The molecule has 9 heteroatoms. The Kier molecular flexibility index (Phi) is 5.02. The maximum absolute atomic E-state index is 12.5. The lowest BCUT2D eigenvalue weighted by atomic mass is 10.1. The second-order valence-electron chi connectivity index (χ2n) is 5.28. The van der Waals surface area contributed by atoms with Gasteiger partial charge < -0.3 is 9.84 Å². The predicted molar refractivity (Wildman–Crippen MR) is 78.5 cm³/mol. The molecule has 0 bridgehead atoms. The summed E-state index contributed by atoms with van der Waals surface area (Å²) >= 11 is 0. The van der Waals surface area contributed by atoms with Crippen molar-refractivity contribution in [3.63, 3.8) is 0 Å². The van der Waals surface area contributed by atoms with Gasteiger partial charge in [-0.15, -0.1) is 0 Å². The Morgan fingerprint density at radius 2 is 2.27 bits per heavy atom. The van der Waals surface area contributed by atoms with Crippen LogP contribution < -0.4 is 11.2 Å². The molecule has 2 rings (SSSR count). The average molecular weight is 309 g/mol. The molecule has 0 radical (unpaired) electrons. The summed E-state index contributed by atoms with van der Waals surface area (Å²) in [6.45, 7) is 3.54. The summed E-state index contributed by atoms with van der Waals surface area (Å²) in [6, 6.07) is -0.543. The Hall–Kier alpha value is -2.09. The first-order chi connectivity index (χ1) is 10.5. The molecule has 1 unspecified atom stereocenters. The van der Waals surface area contributed by atoms with Crippen LogP contribution in [0.3, 0.4) is 0 Å². The minimum atomic E-state index is -0.664. The third-order valence-corrected chi connectivity index (χ3v) is 3.71. The third-order valence-electron chi connectivity index (χ3n) is 3.71. The van der Waals surface area contributed by atoms with Crippen LogP contribution in [0.1, 0.15) is 31.6 Å². The number of aryl methyl sites for hydroxylation is 1. The molecule has 2 heterocycles. The van der Waals surface area contributed by atoms with Crippen molar-refractivity contribution in [2.75, 3.05) is 6.61 Å². The Bertz CT molecular complexity index is 703. The van der Waals surface area contributed by atoms with E-state index in [0.29, 0.717) is 18.5 Å². The van der Waals surface area contributed by atoms with Crippen LogP contribution in [0, 0.1) is 6.92 Å². The molecule has 0 amide bonds. The largest absolute Gasteiger partial charge is 0.394 e. The zero-order chi connectivity index (χ0) is 16.3. The van der Waals surface area contributed by atoms with E-state index in [1.165, 1.54) is 15.3 Å². The lowest BCUT2D eigenvalue weighted by Gasteiger charge is -2.17. The fraction of sp³-hybridized carbons (Fsp3) is 0.692. The maximum atomic E-state index is 12.5. The van der Waals surface area contributed by atoms with Crippen molar-refractivity contribution in [2.45, 2.75) is 51.6 Å². The minimum absolute atomic E-state index is 0.277. The van der Waals surface area contributed by atoms with Gasteiger partial charge in [0.25, 0.3) is 5.56 Å². The molecule has 1 aliphatic rings. The van der Waals surface area contributed by atoms with E-state index >= 15 is 0 Å². The molecule has 0 aromatic carbocycles. The van der Waals surface area contributed by atoms with Crippen LogP contribution >= 0.6 is 0 Å². The first kappa shape index (κ1) is 16.3. The van der Waals surface area contributed by atoms with E-state index in [1.807, 2.05) is 6.92 Å². The van der Waals surface area contributed by atoms with Gasteiger partial charge in [-0.05, 0) is 18.9 Å². The summed E-state index contributed by atoms with van der Waals surface area (Å²) < 4.78 is 8.11. The molecule has 9 nitrogen and oxygen atoms in total. The van der Waals surface area contributed by atoms with Crippen molar-refractivity contribution in [3.05, 3.63) is 43.0 Å². The van der Waals surface area contributed by atoms with E-state index in [0.717, 1.165) is 0 Å². The molecule has 22 heavy (non-hydrogen) atoms. The van der Waals surface area contributed by atoms with Crippen molar-refractivity contribution >= 4 is 0 Å². The van der Waals surface area contributed by atoms with Crippen LogP contribution in [-0.2, 0) is 11.3 Å². The van der Waals surface area contributed by atoms with Crippen LogP contribution in [-0.4, -0.2) is 33.0 Å². The second-order valence-corrected chi connectivity index (χ2v) is 5.28. The number of rotatable bonds is 5. The molecule has 1 saturated heterocycles. The lowest BCUT2D eigenvalue weighted by molar-refractivity contribution is -0.0277. The van der Waals surface area contributed by atoms with E-state index in [1.54, 1.807) is 6.92 Å². The van der Waals surface area contributed by atoms with Crippen LogP contribution in [0.2, 0.25) is 0 Å². The average Bonchev–Trinajstić information content (AvgIpc) is 2.90. The van der Waals surface area contributed by atoms with Gasteiger partial charge in [0.2, 0.25) is 0 Å². The standard InChI is InChI=1S/C13H19N5O4/c1-3-4-17-12(20)8(2)6-18(13(17)21)11-5-9(15-16-14)10(7-19)22-11/h6,9-11,19H,3-5,7H2,1-2H3/t9?,10-,11-/m1/s1. The molecule has 0 aliphatic carbocycles. The molecule has 1 aromatic heterocycles. The van der Waals surface area contributed by atoms with Gasteiger partial charge in [0.15, 0.2) is 0 Å². The second kappa shape index (κ2) is 6.78. The Balaban J connectivity index is 2.44. The molecule has 120 valence electrons. The fourth-order valence-electron chi connectivity index (χ4n) is 2.62. The first-order valence-electron chi connectivity index (χ1n) is 7.16. The van der Waals surface area contributed by atoms with E-state index in [9.17, 15) is 14.7 Å². The summed E-state index contributed by atoms with van der Waals surface area (Å²) in [4.78, 5) is 27.2. The van der Waals surface area contributed by atoms with Gasteiger partial charge in [0, 0.05) is 29.6 Å². The van der Waals surface area contributed by atoms with Crippen molar-refractivity contribution in [3.8, 4) is 0 Å². The molecule has 1 aromatic rings. The zero-order valence-electron chi connectivity index (χ0n) is 12.5. The topological polar surface area (TPSA) is 122 Å². The number of hydrogen-bond donors (Lipinski definition) is 1. The van der Waals surface area contributed by atoms with Crippen LogP contribution in [0.4, 0.5) is 0 Å². The molecular weight excluding hydrogens is 290 g/mol. The minimum Gasteiger partial charge on any atom is -0.394 e. The lowest BCUT2D eigenvalue weighted by Crippen LogP contribution is -2.42. The van der Waals surface area contributed by atoms with Gasteiger partial charge in [-0.25, -0.2) is 4.79 Å². The fourth-order valence-corrected chi connectivity index (χ4v) is 2.62. The highest BCUT2D eigenvalue weighted by atomic mass is 16.5. The van der Waals surface area contributed by atoms with Crippen molar-refractivity contribution in [2.24, 2.45) is 5.11 Å². The SMILES string of the molecule is CCCn1c(=O)c(C)cn([C@H]2CC(N=[N+]=[N-])[C@@H](CO)O2)c1=O. The summed E-state index contributed by atoms with van der Waals surface area (Å²) in [6.07, 6.45) is 1.07. The summed E-state index contributed by atoms with van der Waals surface area (Å²) in [5.41, 5.74) is 8.22. The van der Waals surface area contributed by atoms with Gasteiger partial charge in [-0.2, -0.15) is 0 Å². The van der Waals surface area contributed by atoms with Crippen LogP contribution in [0.5, 0.6) is 0 Å². The van der Waals surface area contributed by atoms with Gasteiger partial charge >= 0.3 is 5.69 Å². The monoisotopic (exact) mass is 309 g/mol. The van der Waals surface area contributed by atoms with Gasteiger partial charge in [-0.3, -0.25) is 13.9 Å². The van der Waals surface area contributed by atoms with E-state index in [4.69, 9.17) is 10.3 Å². The maximum Gasteiger partial charge on any atom is 0.333 e. The molecule has 0 spiro atoms. The Morgan fingerprint density at radius 1 is 1.55 bits per heavy atom. The number of aliphatic hydroxyl groups is 1. The van der Waals surface area contributed by atoms with Crippen LogP contribution in [0.15, 0.2) is 20.9 Å². The predicted octanol–water partition coefficient (Wildman–Crippen LogP) is 0.687. The van der Waals surface area contributed by atoms with E-state index in [-0.39, 0.29) is 18.6 Å². The third kappa shape index (κ3) is 2.92. The van der Waals surface area contributed by atoms with Gasteiger partial charge in [0.1, 0.15) is 6.23 Å². The van der Waals surface area contributed by atoms with Crippen molar-refractivity contribution < 1.29 is 9.84 Å². The summed E-state index contributed by atoms with van der Waals surface area (Å²) in [5, 5.41) is 12.9. The Labute approximate surface area is 126 Å². The smallest absolute Gasteiger partial charge is 0.333 e. The summed E-state index contributed by atoms with van der Waals surface area (Å²) in [7, 11) is 0. The quantitative estimate of drug-likeness (QED) is 0.488. The molecule has 1 fully saturated rings. The summed E-state index contributed by atoms with van der Waals surface area (Å²) in [5.74, 6) is 0. The highest BCUT2D eigenvalue weighted by Gasteiger charge is 2.36. The molecule has 3 atom stereocenters. The van der Waals surface area contributed by atoms with Gasteiger partial charge in [0.05, 0.1) is 18.8 Å². The van der Waals surface area contributed by atoms with Crippen LogP contribution in [0.25, 0.3) is 10.4 Å².